The lowest BCUT2D eigenvalue weighted by Gasteiger charge is -2.52. The predicted octanol–water partition coefficient (Wildman–Crippen LogP) is -0.376. The zero-order chi connectivity index (χ0) is 22.3. The molecule has 6 saturated heterocycles. The number of carbonyl (C=O) groups excluding carboxylic acids is 2. The lowest BCUT2D eigenvalue weighted by Crippen LogP contribution is -2.70. The summed E-state index contributed by atoms with van der Waals surface area (Å²) in [7, 11) is -1.48. The molecule has 4 bridgehead atoms. The number of ether oxygens (including phenoxy) is 2. The Labute approximate surface area is 183 Å². The molecule has 0 spiro atoms. The molecule has 6 aliphatic heterocycles. The third kappa shape index (κ3) is 3.98. The molecule has 2 atom stereocenters. The van der Waals surface area contributed by atoms with Gasteiger partial charge in [0.15, 0.2) is 11.6 Å². The quantitative estimate of drug-likeness (QED) is 0.428. The smallest absolute Gasteiger partial charge is 0.382 e. The number of methoxy groups -OCH3 is 2. The molecule has 0 aromatic rings. The molecule has 2 unspecified atom stereocenters. The zero-order valence-electron chi connectivity index (χ0n) is 18.2. The van der Waals surface area contributed by atoms with Crippen molar-refractivity contribution in [2.24, 2.45) is 11.8 Å². The van der Waals surface area contributed by atoms with E-state index in [1.165, 1.54) is 14.2 Å². The van der Waals surface area contributed by atoms with Gasteiger partial charge >= 0.3 is 10.4 Å². The largest absolute Gasteiger partial charge is 0.400 e. The van der Waals surface area contributed by atoms with Crippen LogP contribution in [0.3, 0.4) is 0 Å². The minimum atomic E-state index is -4.44. The maximum Gasteiger partial charge on any atom is 0.400 e. The van der Waals surface area contributed by atoms with Gasteiger partial charge in [-0.3, -0.25) is 19.4 Å². The summed E-state index contributed by atoms with van der Waals surface area (Å²) in [6, 6.07) is 0. The lowest BCUT2D eigenvalue weighted by molar-refractivity contribution is -0.158. The van der Waals surface area contributed by atoms with E-state index in [-0.39, 0.29) is 49.8 Å². The van der Waals surface area contributed by atoms with E-state index in [1.54, 1.807) is 0 Å². The van der Waals surface area contributed by atoms with Crippen LogP contribution in [0.5, 0.6) is 0 Å². The van der Waals surface area contributed by atoms with Crippen molar-refractivity contribution in [3.8, 4) is 0 Å². The van der Waals surface area contributed by atoms with Crippen LogP contribution < -0.4 is 0 Å². The van der Waals surface area contributed by atoms with Crippen LogP contribution in [0.2, 0.25) is 0 Å². The van der Waals surface area contributed by atoms with Crippen molar-refractivity contribution in [2.75, 3.05) is 66.8 Å². The Morgan fingerprint density at radius 1 is 0.742 bits per heavy atom. The van der Waals surface area contributed by atoms with Gasteiger partial charge in [-0.1, -0.05) is 0 Å². The fourth-order valence-electron chi connectivity index (χ4n) is 5.79. The van der Waals surface area contributed by atoms with Gasteiger partial charge in [-0.2, -0.15) is 8.42 Å². The number of hydrogen-bond acceptors (Lipinski definition) is 10. The Balaban J connectivity index is 1.45. The van der Waals surface area contributed by atoms with E-state index in [1.807, 2.05) is 9.80 Å². The standard InChI is InChI=1S/C20H32N2O8S/c1-27-11-19(17(23)15-3-7-21(19)8-4-15)13-29-31(25,26)30-14-20(12-28-2)18(24)16-5-9-22(20)10-6-16/h15-16H,3-14H2,1-2H3. The Kier molecular flexibility index (Phi) is 6.57. The van der Waals surface area contributed by atoms with Crippen molar-refractivity contribution in [1.82, 2.24) is 9.80 Å². The van der Waals surface area contributed by atoms with Crippen LogP contribution in [0.4, 0.5) is 0 Å². The Morgan fingerprint density at radius 2 is 1.10 bits per heavy atom. The maximum absolute atomic E-state index is 13.0. The SMILES string of the molecule is COCC1(COS(=O)(=O)OCC2(COC)C(=O)C3CCN2CC3)C(=O)C2CCN1CC2. The molecule has 6 aliphatic rings. The van der Waals surface area contributed by atoms with Crippen LogP contribution in [0.25, 0.3) is 0 Å². The highest BCUT2D eigenvalue weighted by molar-refractivity contribution is 7.81. The summed E-state index contributed by atoms with van der Waals surface area (Å²) in [6.07, 6.45) is 3.08. The molecule has 11 heteroatoms. The van der Waals surface area contributed by atoms with E-state index >= 15 is 0 Å². The van der Waals surface area contributed by atoms with Gasteiger partial charge in [0.1, 0.15) is 11.1 Å². The molecular weight excluding hydrogens is 428 g/mol. The topological polar surface area (TPSA) is 112 Å². The van der Waals surface area contributed by atoms with Crippen LogP contribution in [0, 0.1) is 11.8 Å². The second kappa shape index (κ2) is 8.77. The average Bonchev–Trinajstić information content (AvgIpc) is 2.78. The molecule has 31 heavy (non-hydrogen) atoms. The van der Waals surface area contributed by atoms with E-state index in [0.29, 0.717) is 26.2 Å². The van der Waals surface area contributed by atoms with Gasteiger partial charge in [-0.05, 0) is 51.9 Å². The number of carbonyl (C=O) groups is 2. The lowest BCUT2D eigenvalue weighted by atomic mass is 9.74. The molecule has 0 saturated carbocycles. The fraction of sp³-hybridized carbons (Fsp3) is 0.900. The summed E-state index contributed by atoms with van der Waals surface area (Å²) in [5.74, 6) is -0.270. The first-order valence-corrected chi connectivity index (χ1v) is 12.2. The third-order valence-corrected chi connectivity index (χ3v) is 8.32. The number of nitrogens with zero attached hydrogens (tertiary/aromatic N) is 2. The Bertz CT molecular complexity index is 744. The maximum atomic E-state index is 13.0. The highest BCUT2D eigenvalue weighted by Crippen LogP contribution is 2.38. The van der Waals surface area contributed by atoms with Crippen LogP contribution in [0.1, 0.15) is 25.7 Å². The second-order valence-corrected chi connectivity index (χ2v) is 10.4. The van der Waals surface area contributed by atoms with Gasteiger partial charge in [0.05, 0.1) is 26.4 Å². The number of ketones is 2. The number of hydrogen-bond donors (Lipinski definition) is 0. The normalized spacial score (nSPS) is 39.9. The molecule has 6 rings (SSSR count). The van der Waals surface area contributed by atoms with E-state index in [4.69, 9.17) is 17.8 Å². The molecule has 0 N–H and O–H groups in total. The van der Waals surface area contributed by atoms with E-state index in [0.717, 1.165) is 25.7 Å². The van der Waals surface area contributed by atoms with E-state index in [9.17, 15) is 18.0 Å². The van der Waals surface area contributed by atoms with Crippen LogP contribution >= 0.6 is 0 Å². The average molecular weight is 461 g/mol. The van der Waals surface area contributed by atoms with Crippen molar-refractivity contribution in [2.45, 2.75) is 36.8 Å². The molecule has 0 amide bonds. The molecule has 6 heterocycles. The summed E-state index contributed by atoms with van der Waals surface area (Å²) < 4.78 is 46.3. The minimum absolute atomic E-state index is 0.0382. The fourth-order valence-corrected chi connectivity index (χ4v) is 6.54. The molecule has 0 aliphatic carbocycles. The van der Waals surface area contributed by atoms with Gasteiger partial charge in [0.2, 0.25) is 0 Å². The summed E-state index contributed by atoms with van der Waals surface area (Å²) in [6.45, 7) is 2.18. The first kappa shape index (κ1) is 23.2. The third-order valence-electron chi connectivity index (χ3n) is 7.51. The van der Waals surface area contributed by atoms with Crippen molar-refractivity contribution >= 4 is 22.0 Å². The number of piperidine rings is 6. The van der Waals surface area contributed by atoms with E-state index in [2.05, 4.69) is 0 Å². The molecule has 10 nitrogen and oxygen atoms in total. The monoisotopic (exact) mass is 460 g/mol. The van der Waals surface area contributed by atoms with Gasteiger partial charge < -0.3 is 9.47 Å². The van der Waals surface area contributed by atoms with E-state index < -0.39 is 21.5 Å². The van der Waals surface area contributed by atoms with Crippen molar-refractivity contribution in [3.05, 3.63) is 0 Å². The van der Waals surface area contributed by atoms with Gasteiger partial charge in [-0.25, -0.2) is 8.37 Å². The van der Waals surface area contributed by atoms with Gasteiger partial charge in [0, 0.05) is 26.1 Å². The summed E-state index contributed by atoms with van der Waals surface area (Å²) in [5, 5.41) is 0. The molecule has 6 fully saturated rings. The second-order valence-electron chi connectivity index (χ2n) is 9.11. The van der Waals surface area contributed by atoms with Gasteiger partial charge in [-0.15, -0.1) is 0 Å². The minimum Gasteiger partial charge on any atom is -0.382 e. The predicted molar refractivity (Wildman–Crippen MR) is 109 cm³/mol. The highest BCUT2D eigenvalue weighted by atomic mass is 32.3. The summed E-state index contributed by atoms with van der Waals surface area (Å²) in [5.41, 5.74) is -2.25. The van der Waals surface area contributed by atoms with Gasteiger partial charge in [0.25, 0.3) is 0 Å². The van der Waals surface area contributed by atoms with Crippen LogP contribution in [-0.2, 0) is 37.8 Å². The van der Waals surface area contributed by atoms with Crippen molar-refractivity contribution in [1.29, 1.82) is 0 Å². The number of rotatable bonds is 10. The Morgan fingerprint density at radius 3 is 1.39 bits per heavy atom. The number of fused-ring (bicyclic) bond motifs is 6. The first-order valence-electron chi connectivity index (χ1n) is 10.9. The van der Waals surface area contributed by atoms with Crippen molar-refractivity contribution < 1.29 is 35.8 Å². The molecule has 0 aromatic carbocycles. The van der Waals surface area contributed by atoms with Crippen LogP contribution in [-0.4, -0.2) is 108 Å². The molecule has 0 aromatic heterocycles. The zero-order valence-corrected chi connectivity index (χ0v) is 19.0. The van der Waals surface area contributed by atoms with Crippen LogP contribution in [0.15, 0.2) is 0 Å². The first-order chi connectivity index (χ1) is 14.8. The summed E-state index contributed by atoms with van der Waals surface area (Å²) >= 11 is 0. The molecule has 0 radical (unpaired) electrons. The van der Waals surface area contributed by atoms with Crippen molar-refractivity contribution in [3.63, 3.8) is 0 Å². The Hall–Kier alpha value is -0.950. The number of Topliss-reactive ketones (excluding diaryl/α,β-unsaturated/α-hetero) is 2. The molecule has 176 valence electrons. The molecular formula is C20H32N2O8S. The highest BCUT2D eigenvalue weighted by Gasteiger charge is 2.56. The summed E-state index contributed by atoms with van der Waals surface area (Å²) in [4.78, 5) is 29.9.